The molecule has 180 valence electrons. The average molecular weight is 491 g/mol. The van der Waals surface area contributed by atoms with Gasteiger partial charge in [-0.25, -0.2) is 0 Å². The van der Waals surface area contributed by atoms with Gasteiger partial charge in [-0.15, -0.1) is 0 Å². The Labute approximate surface area is 202 Å². The van der Waals surface area contributed by atoms with E-state index < -0.39 is 11.7 Å². The largest absolute Gasteiger partial charge is 0.456 e. The predicted molar refractivity (Wildman–Crippen MR) is 129 cm³/mol. The summed E-state index contributed by atoms with van der Waals surface area (Å²) in [5.41, 5.74) is 0.776. The van der Waals surface area contributed by atoms with E-state index in [2.05, 4.69) is 48.5 Å². The van der Waals surface area contributed by atoms with Crippen molar-refractivity contribution in [2.75, 3.05) is 18.5 Å². The number of rotatable bonds is 4. The normalized spacial score (nSPS) is 16.4. The zero-order valence-electron chi connectivity index (χ0n) is 19.1. The van der Waals surface area contributed by atoms with Crippen molar-refractivity contribution in [3.63, 3.8) is 0 Å². The van der Waals surface area contributed by atoms with Crippen molar-refractivity contribution in [3.8, 4) is 11.5 Å². The van der Waals surface area contributed by atoms with Crippen LogP contribution in [0.25, 0.3) is 0 Å². The number of alkyl halides is 3. The summed E-state index contributed by atoms with van der Waals surface area (Å²) in [6.07, 6.45) is 0.577. The monoisotopic (exact) mass is 490 g/mol. The fourth-order valence-electron chi connectivity index (χ4n) is 3.69. The molecule has 4 rings (SSSR count). The van der Waals surface area contributed by atoms with Crippen molar-refractivity contribution >= 4 is 23.1 Å². The summed E-state index contributed by atoms with van der Waals surface area (Å²) >= 11 is 6.40. The maximum Gasteiger partial charge on any atom is 0.416 e. The standard InChI is InChI=1S/C25H26ClF3N4O/c1-24(2,3)33-15-31-22(19-9-4-5-12-30-23(19)33)32-17-10-11-21(20(26)14-17)34-18-8-6-7-16(13-18)25(27,28)29/h4,6-11,13-14,31-32H,5,12,15H2,1-3H3. The van der Waals surface area contributed by atoms with E-state index in [0.29, 0.717) is 12.4 Å². The second-order valence-electron chi connectivity index (χ2n) is 9.02. The molecule has 0 fully saturated rings. The van der Waals surface area contributed by atoms with E-state index in [4.69, 9.17) is 21.3 Å². The molecule has 0 saturated heterocycles. The van der Waals surface area contributed by atoms with Crippen LogP contribution < -0.4 is 15.4 Å². The minimum atomic E-state index is -4.45. The molecule has 2 aliphatic rings. The fraction of sp³-hybridized carbons (Fsp3) is 0.320. The summed E-state index contributed by atoms with van der Waals surface area (Å²) in [5.74, 6) is 2.05. The van der Waals surface area contributed by atoms with E-state index in [1.807, 2.05) is 0 Å². The number of hydrogen-bond donors (Lipinski definition) is 2. The third kappa shape index (κ3) is 5.33. The quantitative estimate of drug-likeness (QED) is 0.495. The second-order valence-corrected chi connectivity index (χ2v) is 9.42. The Bertz CT molecular complexity index is 1170. The Morgan fingerprint density at radius 1 is 1.12 bits per heavy atom. The van der Waals surface area contributed by atoms with Crippen LogP contribution in [0.15, 0.2) is 71.0 Å². The summed E-state index contributed by atoms with van der Waals surface area (Å²) < 4.78 is 44.6. The van der Waals surface area contributed by atoms with Gasteiger partial charge in [0.25, 0.3) is 0 Å². The number of nitrogens with zero attached hydrogens (tertiary/aromatic N) is 2. The lowest BCUT2D eigenvalue weighted by Gasteiger charge is -2.42. The van der Waals surface area contributed by atoms with Crippen LogP contribution in [0, 0.1) is 0 Å². The molecule has 2 heterocycles. The van der Waals surface area contributed by atoms with Crippen molar-refractivity contribution in [3.05, 3.63) is 76.6 Å². The Morgan fingerprint density at radius 3 is 2.62 bits per heavy atom. The third-order valence-electron chi connectivity index (χ3n) is 5.42. The third-order valence-corrected chi connectivity index (χ3v) is 5.72. The molecule has 9 heteroatoms. The van der Waals surface area contributed by atoms with Crippen LogP contribution in [-0.4, -0.2) is 29.5 Å². The molecule has 34 heavy (non-hydrogen) atoms. The van der Waals surface area contributed by atoms with Gasteiger partial charge in [-0.2, -0.15) is 13.2 Å². The molecule has 0 saturated carbocycles. The Balaban J connectivity index is 1.57. The number of aliphatic imine (C=N–C) groups is 1. The minimum Gasteiger partial charge on any atom is -0.456 e. The molecule has 2 aromatic rings. The van der Waals surface area contributed by atoms with Gasteiger partial charge in [-0.05, 0) is 63.6 Å². The second kappa shape index (κ2) is 9.25. The average Bonchev–Trinajstić information content (AvgIpc) is 3.01. The summed E-state index contributed by atoms with van der Waals surface area (Å²) in [6.45, 7) is 7.75. The van der Waals surface area contributed by atoms with E-state index in [0.717, 1.165) is 42.3 Å². The summed E-state index contributed by atoms with van der Waals surface area (Å²) in [4.78, 5) is 7.03. The highest BCUT2D eigenvalue weighted by Crippen LogP contribution is 2.36. The molecule has 2 aromatic carbocycles. The predicted octanol–water partition coefficient (Wildman–Crippen LogP) is 6.79. The van der Waals surface area contributed by atoms with Gasteiger partial charge >= 0.3 is 6.18 Å². The van der Waals surface area contributed by atoms with E-state index >= 15 is 0 Å². The molecule has 0 aromatic heterocycles. The first-order chi connectivity index (χ1) is 16.0. The first kappa shape index (κ1) is 24.0. The van der Waals surface area contributed by atoms with Crippen molar-refractivity contribution in [1.29, 1.82) is 0 Å². The highest BCUT2D eigenvalue weighted by Gasteiger charge is 2.32. The van der Waals surface area contributed by atoms with Crippen molar-refractivity contribution in [2.24, 2.45) is 4.99 Å². The van der Waals surface area contributed by atoms with Crippen LogP contribution in [0.2, 0.25) is 5.02 Å². The molecule has 2 aliphatic heterocycles. The Kier molecular flexibility index (Phi) is 6.53. The molecule has 0 amide bonds. The number of anilines is 1. The number of amidine groups is 1. The highest BCUT2D eigenvalue weighted by atomic mass is 35.5. The van der Waals surface area contributed by atoms with Crippen LogP contribution in [0.4, 0.5) is 18.9 Å². The van der Waals surface area contributed by atoms with Crippen molar-refractivity contribution in [1.82, 2.24) is 10.2 Å². The molecule has 0 radical (unpaired) electrons. The summed E-state index contributed by atoms with van der Waals surface area (Å²) in [5, 5.41) is 7.06. The van der Waals surface area contributed by atoms with Crippen LogP contribution in [0.3, 0.4) is 0 Å². The van der Waals surface area contributed by atoms with Gasteiger partial charge in [0.1, 0.15) is 23.2 Å². The van der Waals surface area contributed by atoms with Crippen LogP contribution in [0.1, 0.15) is 32.8 Å². The lowest BCUT2D eigenvalue weighted by molar-refractivity contribution is -0.137. The molecule has 2 N–H and O–H groups in total. The molecule has 5 nitrogen and oxygen atoms in total. The first-order valence-corrected chi connectivity index (χ1v) is 11.3. The van der Waals surface area contributed by atoms with Gasteiger partial charge in [0.2, 0.25) is 0 Å². The molecule has 0 unspecified atom stereocenters. The molecule has 0 bridgehead atoms. The van der Waals surface area contributed by atoms with Crippen molar-refractivity contribution in [2.45, 2.75) is 38.9 Å². The van der Waals surface area contributed by atoms with E-state index in [1.165, 1.54) is 12.1 Å². The number of fused-ring (bicyclic) bond motifs is 1. The number of halogens is 4. The number of nitrogens with one attached hydrogen (secondary N) is 2. The zero-order chi connectivity index (χ0) is 24.5. The molecular formula is C25H26ClF3N4O. The smallest absolute Gasteiger partial charge is 0.416 e. The highest BCUT2D eigenvalue weighted by molar-refractivity contribution is 6.32. The van der Waals surface area contributed by atoms with Gasteiger partial charge in [-0.3, -0.25) is 4.99 Å². The summed E-state index contributed by atoms with van der Waals surface area (Å²) in [7, 11) is 0. The number of hydrogen-bond acceptors (Lipinski definition) is 5. The van der Waals surface area contributed by atoms with Gasteiger partial charge in [-0.1, -0.05) is 29.8 Å². The lowest BCUT2D eigenvalue weighted by Crippen LogP contribution is -2.54. The maximum atomic E-state index is 13.0. The van der Waals surface area contributed by atoms with E-state index in [1.54, 1.807) is 18.2 Å². The summed E-state index contributed by atoms with van der Waals surface area (Å²) in [6, 6.07) is 9.75. The molecular weight excluding hydrogens is 465 g/mol. The van der Waals surface area contributed by atoms with Crippen molar-refractivity contribution < 1.29 is 17.9 Å². The van der Waals surface area contributed by atoms with Crippen LogP contribution in [-0.2, 0) is 6.18 Å². The first-order valence-electron chi connectivity index (χ1n) is 10.9. The van der Waals surface area contributed by atoms with Gasteiger partial charge in [0.15, 0.2) is 0 Å². The number of benzene rings is 2. The maximum absolute atomic E-state index is 13.0. The van der Waals surface area contributed by atoms with E-state index in [9.17, 15) is 13.2 Å². The van der Waals surface area contributed by atoms with Crippen LogP contribution in [0.5, 0.6) is 11.5 Å². The Morgan fingerprint density at radius 2 is 1.91 bits per heavy atom. The lowest BCUT2D eigenvalue weighted by atomic mass is 10.0. The fourth-order valence-corrected chi connectivity index (χ4v) is 3.91. The molecule has 0 aliphatic carbocycles. The Hall–Kier alpha value is -3.13. The van der Waals surface area contributed by atoms with Gasteiger partial charge in [0, 0.05) is 17.8 Å². The minimum absolute atomic E-state index is 0.0584. The number of ether oxygens (including phenoxy) is 1. The van der Waals surface area contributed by atoms with Gasteiger partial charge < -0.3 is 20.3 Å². The van der Waals surface area contributed by atoms with Gasteiger partial charge in [0.05, 0.1) is 22.8 Å². The topological polar surface area (TPSA) is 48.9 Å². The van der Waals surface area contributed by atoms with E-state index in [-0.39, 0.29) is 22.1 Å². The molecule has 0 spiro atoms. The molecule has 0 atom stereocenters. The zero-order valence-corrected chi connectivity index (χ0v) is 19.9. The SMILES string of the molecule is CC(C)(C)N1CNC(Nc2ccc(Oc3cccc(C(F)(F)F)c3)c(Cl)c2)=C2C=CCCN=C21. The van der Waals surface area contributed by atoms with Crippen LogP contribution >= 0.6 is 11.6 Å².